The number of para-hydroxylation sites is 1. The van der Waals surface area contributed by atoms with Crippen LogP contribution < -0.4 is 15.8 Å². The fourth-order valence-corrected chi connectivity index (χ4v) is 4.27. The van der Waals surface area contributed by atoms with Gasteiger partial charge in [-0.15, -0.1) is 0 Å². The van der Waals surface area contributed by atoms with E-state index in [1.54, 1.807) is 14.0 Å². The highest BCUT2D eigenvalue weighted by Gasteiger charge is 2.17. The van der Waals surface area contributed by atoms with Gasteiger partial charge in [-0.2, -0.15) is 0 Å². The number of nitrogen functional groups attached to an aromatic ring is 1. The van der Waals surface area contributed by atoms with E-state index in [1.165, 1.54) is 7.11 Å². The van der Waals surface area contributed by atoms with E-state index < -0.39 is 12.1 Å². The first kappa shape index (κ1) is 25.4. The highest BCUT2D eigenvalue weighted by atomic mass is 16.6. The third-order valence-electron chi connectivity index (χ3n) is 6.03. The molecule has 2 aromatic heterocycles. The van der Waals surface area contributed by atoms with E-state index in [1.807, 2.05) is 42.5 Å². The standard InChI is InChI=1S/C27H33N5O4/c1-18(27(33)35-3)36-20-9-6-8-19(16-20)17-29-13-7-14-32-23(12-15-34-2)31-24-25(32)21-10-4-5-11-22(21)30-26(24)28/h4-6,8-11,16,18,29H,7,12-15,17H2,1-3H3,(H2,28,30). The molecule has 0 radical (unpaired) electrons. The topological polar surface area (TPSA) is 114 Å². The summed E-state index contributed by atoms with van der Waals surface area (Å²) >= 11 is 0. The molecule has 3 N–H and O–H groups in total. The molecule has 36 heavy (non-hydrogen) atoms. The third-order valence-corrected chi connectivity index (χ3v) is 6.03. The summed E-state index contributed by atoms with van der Waals surface area (Å²) in [6.45, 7) is 4.54. The third kappa shape index (κ3) is 5.75. The number of aromatic nitrogens is 3. The molecule has 0 aliphatic rings. The second kappa shape index (κ2) is 11.8. The van der Waals surface area contributed by atoms with Crippen LogP contribution in [0.5, 0.6) is 5.75 Å². The van der Waals surface area contributed by atoms with Crippen LogP contribution in [-0.2, 0) is 33.8 Å². The molecule has 1 atom stereocenters. The summed E-state index contributed by atoms with van der Waals surface area (Å²) in [5, 5.41) is 4.54. The molecule has 9 heteroatoms. The molecule has 0 saturated carbocycles. The van der Waals surface area contributed by atoms with Gasteiger partial charge in [-0.05, 0) is 43.7 Å². The van der Waals surface area contributed by atoms with Crippen molar-refractivity contribution < 1.29 is 19.0 Å². The Morgan fingerprint density at radius 3 is 2.78 bits per heavy atom. The molecule has 1 unspecified atom stereocenters. The van der Waals surface area contributed by atoms with Crippen molar-refractivity contribution in [2.75, 3.05) is 33.1 Å². The van der Waals surface area contributed by atoms with E-state index in [0.29, 0.717) is 31.1 Å². The zero-order valence-electron chi connectivity index (χ0n) is 21.0. The van der Waals surface area contributed by atoms with E-state index in [0.717, 1.165) is 52.8 Å². The lowest BCUT2D eigenvalue weighted by atomic mass is 10.2. The number of carbonyl (C=O) groups is 1. The van der Waals surface area contributed by atoms with Gasteiger partial charge in [0.1, 0.15) is 17.1 Å². The van der Waals surface area contributed by atoms with E-state index in [2.05, 4.69) is 20.9 Å². The highest BCUT2D eigenvalue weighted by Crippen LogP contribution is 2.29. The smallest absolute Gasteiger partial charge is 0.346 e. The Kier molecular flexibility index (Phi) is 8.35. The Hall–Kier alpha value is -3.69. The fourth-order valence-electron chi connectivity index (χ4n) is 4.27. The normalized spacial score (nSPS) is 12.2. The summed E-state index contributed by atoms with van der Waals surface area (Å²) in [5.74, 6) is 1.63. The van der Waals surface area contributed by atoms with Crippen LogP contribution in [0.2, 0.25) is 0 Å². The maximum absolute atomic E-state index is 11.6. The predicted molar refractivity (Wildman–Crippen MR) is 140 cm³/mol. The molecule has 0 saturated heterocycles. The summed E-state index contributed by atoms with van der Waals surface area (Å²) in [6, 6.07) is 15.7. The monoisotopic (exact) mass is 491 g/mol. The molecule has 2 heterocycles. The number of nitrogens with one attached hydrogen (secondary N) is 1. The number of fused-ring (bicyclic) bond motifs is 3. The van der Waals surface area contributed by atoms with Gasteiger partial charge in [0.25, 0.3) is 0 Å². The van der Waals surface area contributed by atoms with Crippen LogP contribution in [0.15, 0.2) is 48.5 Å². The van der Waals surface area contributed by atoms with Crippen LogP contribution in [0.3, 0.4) is 0 Å². The van der Waals surface area contributed by atoms with E-state index in [4.69, 9.17) is 24.9 Å². The number of rotatable bonds is 12. The first-order valence-electron chi connectivity index (χ1n) is 12.1. The van der Waals surface area contributed by atoms with Gasteiger partial charge in [0, 0.05) is 32.0 Å². The summed E-state index contributed by atoms with van der Waals surface area (Å²) in [5.41, 5.74) is 9.97. The van der Waals surface area contributed by atoms with E-state index in [9.17, 15) is 4.79 Å². The van der Waals surface area contributed by atoms with Crippen molar-refractivity contribution >= 4 is 33.7 Å². The molecular weight excluding hydrogens is 458 g/mol. The zero-order valence-corrected chi connectivity index (χ0v) is 21.0. The molecule has 0 aliphatic carbocycles. The van der Waals surface area contributed by atoms with Crippen molar-refractivity contribution in [3.8, 4) is 5.75 Å². The van der Waals surface area contributed by atoms with Crippen molar-refractivity contribution in [1.29, 1.82) is 0 Å². The predicted octanol–water partition coefficient (Wildman–Crippen LogP) is 3.48. The molecular formula is C27H33N5O4. The van der Waals surface area contributed by atoms with Gasteiger partial charge >= 0.3 is 5.97 Å². The van der Waals surface area contributed by atoms with Crippen molar-refractivity contribution in [3.05, 3.63) is 59.9 Å². The summed E-state index contributed by atoms with van der Waals surface area (Å²) in [6.07, 6.45) is 0.941. The van der Waals surface area contributed by atoms with Gasteiger partial charge in [-0.3, -0.25) is 0 Å². The second-order valence-electron chi connectivity index (χ2n) is 8.59. The lowest BCUT2D eigenvalue weighted by Gasteiger charge is -2.14. The van der Waals surface area contributed by atoms with Crippen LogP contribution in [-0.4, -0.2) is 54.0 Å². The van der Waals surface area contributed by atoms with Gasteiger partial charge in [-0.25, -0.2) is 14.8 Å². The number of hydrogen-bond acceptors (Lipinski definition) is 8. The van der Waals surface area contributed by atoms with Crippen LogP contribution in [0, 0.1) is 0 Å². The maximum atomic E-state index is 11.6. The Bertz CT molecular complexity index is 1340. The van der Waals surface area contributed by atoms with E-state index in [-0.39, 0.29) is 0 Å². The minimum absolute atomic E-state index is 0.402. The fraction of sp³-hybridized carbons (Fsp3) is 0.370. The number of hydrogen-bond donors (Lipinski definition) is 2. The molecule has 0 aliphatic heterocycles. The number of carbonyl (C=O) groups excluding carboxylic acids is 1. The Morgan fingerprint density at radius 1 is 1.14 bits per heavy atom. The molecule has 0 fully saturated rings. The SMILES string of the molecule is COCCc1nc2c(N)nc3ccccc3c2n1CCCNCc1cccc(OC(C)C(=O)OC)c1. The number of imidazole rings is 1. The molecule has 0 amide bonds. The summed E-state index contributed by atoms with van der Waals surface area (Å²) in [7, 11) is 3.04. The van der Waals surface area contributed by atoms with Crippen LogP contribution in [0.25, 0.3) is 21.9 Å². The average Bonchev–Trinajstić information content (AvgIpc) is 3.26. The molecule has 4 aromatic rings. The molecule has 0 bridgehead atoms. The lowest BCUT2D eigenvalue weighted by Crippen LogP contribution is -2.25. The Labute approximate surface area is 210 Å². The first-order valence-corrected chi connectivity index (χ1v) is 12.1. The lowest BCUT2D eigenvalue weighted by molar-refractivity contribution is -0.147. The minimum atomic E-state index is -0.657. The molecule has 190 valence electrons. The molecule has 2 aromatic carbocycles. The number of benzene rings is 2. The summed E-state index contributed by atoms with van der Waals surface area (Å²) in [4.78, 5) is 21.0. The van der Waals surface area contributed by atoms with Gasteiger partial charge in [-0.1, -0.05) is 30.3 Å². The van der Waals surface area contributed by atoms with Crippen molar-refractivity contribution in [2.45, 2.75) is 39.0 Å². The number of nitrogens with zero attached hydrogens (tertiary/aromatic N) is 3. The largest absolute Gasteiger partial charge is 0.479 e. The number of ether oxygens (including phenoxy) is 3. The van der Waals surface area contributed by atoms with Crippen molar-refractivity contribution in [1.82, 2.24) is 19.9 Å². The van der Waals surface area contributed by atoms with Gasteiger partial charge in [0.05, 0.1) is 24.8 Å². The van der Waals surface area contributed by atoms with Crippen LogP contribution in [0.4, 0.5) is 5.82 Å². The molecule has 9 nitrogen and oxygen atoms in total. The minimum Gasteiger partial charge on any atom is -0.479 e. The zero-order chi connectivity index (χ0) is 25.5. The van der Waals surface area contributed by atoms with Crippen molar-refractivity contribution in [3.63, 3.8) is 0 Å². The second-order valence-corrected chi connectivity index (χ2v) is 8.59. The van der Waals surface area contributed by atoms with Crippen LogP contribution in [0.1, 0.15) is 24.7 Å². The van der Waals surface area contributed by atoms with Gasteiger partial charge in [0.15, 0.2) is 11.9 Å². The first-order chi connectivity index (χ1) is 17.5. The Morgan fingerprint density at radius 2 is 1.97 bits per heavy atom. The highest BCUT2D eigenvalue weighted by molar-refractivity contribution is 6.06. The maximum Gasteiger partial charge on any atom is 0.346 e. The number of esters is 1. The van der Waals surface area contributed by atoms with Gasteiger partial charge in [0.2, 0.25) is 0 Å². The quantitative estimate of drug-likeness (QED) is 0.229. The number of aryl methyl sites for hydroxylation is 1. The molecule has 4 rings (SSSR count). The number of pyridine rings is 1. The average molecular weight is 492 g/mol. The van der Waals surface area contributed by atoms with Crippen LogP contribution >= 0.6 is 0 Å². The number of anilines is 1. The Balaban J connectivity index is 1.42. The van der Waals surface area contributed by atoms with Gasteiger partial charge < -0.3 is 29.8 Å². The van der Waals surface area contributed by atoms with Crippen molar-refractivity contribution in [2.24, 2.45) is 0 Å². The molecule has 0 spiro atoms. The van der Waals surface area contributed by atoms with E-state index >= 15 is 0 Å². The number of methoxy groups -OCH3 is 2. The summed E-state index contributed by atoms with van der Waals surface area (Å²) < 4.78 is 18.0. The number of nitrogens with two attached hydrogens (primary N) is 1.